The summed E-state index contributed by atoms with van der Waals surface area (Å²) in [7, 11) is 0. The first-order valence-electron chi connectivity index (χ1n) is 4.18. The normalized spacial score (nSPS) is 10.6. The molecule has 0 saturated heterocycles. The minimum atomic E-state index is -1.14. The zero-order valence-corrected chi connectivity index (χ0v) is 9.32. The van der Waals surface area contributed by atoms with Gasteiger partial charge in [-0.25, -0.2) is 4.79 Å². The molecule has 0 aliphatic rings. The summed E-state index contributed by atoms with van der Waals surface area (Å²) in [6.07, 6.45) is 0. The maximum Gasteiger partial charge on any atom is 0.340 e. The molecule has 1 aromatic heterocycles. The third-order valence-corrected chi connectivity index (χ3v) is 2.48. The van der Waals surface area contributed by atoms with Gasteiger partial charge in [0.15, 0.2) is 0 Å². The number of nitrogens with one attached hydrogen (secondary N) is 1. The van der Waals surface area contributed by atoms with Crippen LogP contribution in [0.25, 0.3) is 0 Å². The third kappa shape index (κ3) is 1.76. The lowest BCUT2D eigenvalue weighted by atomic mass is 10.2. The minimum absolute atomic E-state index is 0.0179. The Labute approximate surface area is 96.9 Å². The van der Waals surface area contributed by atoms with Crippen LogP contribution in [0, 0.1) is 0 Å². The summed E-state index contributed by atoms with van der Waals surface area (Å²) >= 11 is 3.16. The molecule has 7 heteroatoms. The van der Waals surface area contributed by atoms with Crippen LogP contribution < -0.4 is 16.5 Å². The lowest BCUT2D eigenvalue weighted by Crippen LogP contribution is -2.11. The summed E-state index contributed by atoms with van der Waals surface area (Å²) in [5, 5.41) is 8.88. The van der Waals surface area contributed by atoms with Crippen LogP contribution in [0.4, 0.5) is 5.69 Å². The van der Waals surface area contributed by atoms with Crippen molar-refractivity contribution in [3.8, 4) is 0 Å². The van der Waals surface area contributed by atoms with Gasteiger partial charge in [-0.15, -0.1) is 0 Å². The molecular weight excluding hydrogens is 280 g/mol. The molecule has 0 radical (unpaired) electrons. The van der Waals surface area contributed by atoms with Gasteiger partial charge >= 0.3 is 17.1 Å². The summed E-state index contributed by atoms with van der Waals surface area (Å²) < 4.78 is 1.38. The first-order valence-corrected chi connectivity index (χ1v) is 4.98. The van der Waals surface area contributed by atoms with E-state index in [4.69, 9.17) is 5.11 Å². The highest BCUT2D eigenvalue weighted by Crippen LogP contribution is 2.21. The largest absolute Gasteiger partial charge is 0.478 e. The van der Waals surface area contributed by atoms with Gasteiger partial charge < -0.3 is 5.11 Å². The Hall–Kier alpha value is -1.89. The van der Waals surface area contributed by atoms with Crippen LogP contribution in [0.15, 0.2) is 32.3 Å². The SMILES string of the molecule is O=C(O)c1ccc(Br)cc1Nn1c(=O)c1=O. The molecule has 0 aliphatic heterocycles. The van der Waals surface area contributed by atoms with Gasteiger partial charge in [0.1, 0.15) is 0 Å². The molecule has 82 valence electrons. The van der Waals surface area contributed by atoms with E-state index in [1.54, 1.807) is 6.07 Å². The van der Waals surface area contributed by atoms with Crippen molar-refractivity contribution in [2.45, 2.75) is 0 Å². The Morgan fingerprint density at radius 1 is 1.31 bits per heavy atom. The number of carboxylic acids is 1. The number of nitrogens with zero attached hydrogens (tertiary/aromatic N) is 1. The number of rotatable bonds is 3. The fourth-order valence-electron chi connectivity index (χ4n) is 1.15. The maximum atomic E-state index is 10.9. The Kier molecular flexibility index (Phi) is 2.39. The van der Waals surface area contributed by atoms with Crippen molar-refractivity contribution in [3.63, 3.8) is 0 Å². The van der Waals surface area contributed by atoms with E-state index in [9.17, 15) is 14.4 Å². The fraction of sp³-hybridized carbons (Fsp3) is 0. The first kappa shape index (κ1) is 10.6. The Morgan fingerprint density at radius 3 is 2.44 bits per heavy atom. The zero-order valence-electron chi connectivity index (χ0n) is 7.73. The van der Waals surface area contributed by atoms with E-state index < -0.39 is 17.1 Å². The molecule has 16 heavy (non-hydrogen) atoms. The van der Waals surface area contributed by atoms with Crippen LogP contribution in [-0.4, -0.2) is 15.8 Å². The van der Waals surface area contributed by atoms with Gasteiger partial charge in [-0.3, -0.25) is 15.0 Å². The first-order chi connectivity index (χ1) is 7.50. The molecule has 0 saturated carbocycles. The quantitative estimate of drug-likeness (QED) is 0.798. The van der Waals surface area contributed by atoms with Crippen molar-refractivity contribution in [1.82, 2.24) is 4.68 Å². The third-order valence-electron chi connectivity index (χ3n) is 1.98. The number of hydrogen-bond acceptors (Lipinski definition) is 4. The molecule has 1 heterocycles. The average Bonchev–Trinajstić information content (AvgIpc) is 2.75. The lowest BCUT2D eigenvalue weighted by Gasteiger charge is -2.06. The second-order valence-corrected chi connectivity index (χ2v) is 3.97. The van der Waals surface area contributed by atoms with Crippen LogP contribution in [0.2, 0.25) is 0 Å². The van der Waals surface area contributed by atoms with Gasteiger partial charge in [-0.05, 0) is 18.2 Å². The monoisotopic (exact) mass is 284 g/mol. The van der Waals surface area contributed by atoms with E-state index in [2.05, 4.69) is 21.4 Å². The van der Waals surface area contributed by atoms with Crippen LogP contribution in [0.5, 0.6) is 0 Å². The second-order valence-electron chi connectivity index (χ2n) is 3.05. The predicted octanol–water partition coefficient (Wildman–Crippen LogP) is 0.420. The smallest absolute Gasteiger partial charge is 0.340 e. The Bertz CT molecular complexity index is 614. The maximum absolute atomic E-state index is 10.9. The number of aromatic nitrogens is 1. The highest BCUT2D eigenvalue weighted by Gasteiger charge is 2.19. The highest BCUT2D eigenvalue weighted by molar-refractivity contribution is 9.10. The van der Waals surface area contributed by atoms with Crippen LogP contribution in [0.3, 0.4) is 0 Å². The lowest BCUT2D eigenvalue weighted by molar-refractivity contribution is 0.0698. The van der Waals surface area contributed by atoms with Crippen molar-refractivity contribution < 1.29 is 9.90 Å². The molecule has 0 spiro atoms. The van der Waals surface area contributed by atoms with Crippen LogP contribution in [0.1, 0.15) is 10.4 Å². The summed E-state index contributed by atoms with van der Waals surface area (Å²) in [5.74, 6) is -1.14. The van der Waals surface area contributed by atoms with E-state index in [-0.39, 0.29) is 11.3 Å². The van der Waals surface area contributed by atoms with E-state index >= 15 is 0 Å². The van der Waals surface area contributed by atoms with Crippen molar-refractivity contribution in [2.75, 3.05) is 5.43 Å². The molecule has 2 aromatic rings. The predicted molar refractivity (Wildman–Crippen MR) is 59.5 cm³/mol. The van der Waals surface area contributed by atoms with Gasteiger partial charge in [-0.2, -0.15) is 4.68 Å². The summed E-state index contributed by atoms with van der Waals surface area (Å²) in [6, 6.07) is 4.40. The molecule has 0 aliphatic carbocycles. The van der Waals surface area contributed by atoms with E-state index in [1.165, 1.54) is 12.1 Å². The number of aromatic carboxylic acids is 1. The summed E-state index contributed by atoms with van der Waals surface area (Å²) in [5.41, 5.74) is 1.23. The topological polar surface area (TPSA) is 88.4 Å². The fourth-order valence-corrected chi connectivity index (χ4v) is 1.51. The molecule has 0 unspecified atom stereocenters. The van der Waals surface area contributed by atoms with Crippen LogP contribution in [-0.2, 0) is 0 Å². The van der Waals surface area contributed by atoms with Gasteiger partial charge in [0.05, 0.1) is 11.3 Å². The Morgan fingerprint density at radius 2 is 1.94 bits per heavy atom. The standard InChI is InChI=1S/C9H5BrN2O4/c10-4-1-2-5(9(15)16)6(3-4)11-12-7(13)8(12)14/h1-3,11H,(H,15,16). The van der Waals surface area contributed by atoms with Gasteiger partial charge in [-0.1, -0.05) is 15.9 Å². The Balaban J connectivity index is 2.42. The molecule has 1 aromatic carbocycles. The molecule has 2 N–H and O–H groups in total. The minimum Gasteiger partial charge on any atom is -0.478 e. The van der Waals surface area contributed by atoms with Crippen molar-refractivity contribution >= 4 is 27.6 Å². The molecule has 0 bridgehead atoms. The number of anilines is 1. The molecule has 0 fully saturated rings. The molecular formula is C9H5BrN2O4. The zero-order chi connectivity index (χ0) is 11.9. The van der Waals surface area contributed by atoms with Crippen molar-refractivity contribution in [2.24, 2.45) is 0 Å². The van der Waals surface area contributed by atoms with Crippen molar-refractivity contribution in [1.29, 1.82) is 0 Å². The van der Waals surface area contributed by atoms with Gasteiger partial charge in [0.25, 0.3) is 0 Å². The van der Waals surface area contributed by atoms with E-state index in [0.29, 0.717) is 4.47 Å². The van der Waals surface area contributed by atoms with E-state index in [1.807, 2.05) is 0 Å². The number of hydrogen-bond donors (Lipinski definition) is 2. The van der Waals surface area contributed by atoms with Gasteiger partial charge in [0.2, 0.25) is 0 Å². The number of carbonyl (C=O) groups is 1. The molecule has 2 rings (SSSR count). The molecule has 6 nitrogen and oxygen atoms in total. The molecule has 0 amide bonds. The average molecular weight is 285 g/mol. The summed E-state index contributed by atoms with van der Waals surface area (Å²) in [6.45, 7) is 0. The molecule has 0 atom stereocenters. The number of halogens is 1. The highest BCUT2D eigenvalue weighted by atomic mass is 79.9. The number of benzene rings is 1. The second kappa shape index (κ2) is 3.60. The summed E-state index contributed by atoms with van der Waals surface area (Å²) in [4.78, 5) is 32.3. The van der Waals surface area contributed by atoms with Gasteiger partial charge in [0, 0.05) is 4.47 Å². The number of carboxylic acid groups (broad SMARTS) is 1. The van der Waals surface area contributed by atoms with Crippen LogP contribution >= 0.6 is 15.9 Å². The van der Waals surface area contributed by atoms with E-state index in [0.717, 1.165) is 4.68 Å². The van der Waals surface area contributed by atoms with Crippen molar-refractivity contribution in [3.05, 3.63) is 48.9 Å².